The van der Waals surface area contributed by atoms with E-state index in [2.05, 4.69) is 20.7 Å². The SMILES string of the molecule is CC(C)(CC(=O)O)NS(=O)(=O)c1ccc(Br)c(F)c1. The van der Waals surface area contributed by atoms with Crippen LogP contribution in [0.25, 0.3) is 0 Å². The predicted octanol–water partition coefficient (Wildman–Crippen LogP) is 2.12. The van der Waals surface area contributed by atoms with Gasteiger partial charge >= 0.3 is 5.97 Å². The number of hydrogen-bond acceptors (Lipinski definition) is 3. The lowest BCUT2D eigenvalue weighted by Gasteiger charge is -2.23. The van der Waals surface area contributed by atoms with Crippen molar-refractivity contribution in [2.75, 3.05) is 0 Å². The van der Waals surface area contributed by atoms with E-state index in [1.165, 1.54) is 26.0 Å². The van der Waals surface area contributed by atoms with Gasteiger partial charge in [0, 0.05) is 5.54 Å². The maximum absolute atomic E-state index is 13.3. The van der Waals surface area contributed by atoms with E-state index in [4.69, 9.17) is 5.11 Å². The number of rotatable bonds is 5. The Hall–Kier alpha value is -0.990. The van der Waals surface area contributed by atoms with Gasteiger partial charge in [0.25, 0.3) is 0 Å². The molecule has 0 saturated carbocycles. The van der Waals surface area contributed by atoms with Crippen LogP contribution in [-0.2, 0) is 14.8 Å². The molecule has 0 unspecified atom stereocenters. The second-order valence-electron chi connectivity index (χ2n) is 4.64. The van der Waals surface area contributed by atoms with Crippen LogP contribution in [0.2, 0.25) is 0 Å². The summed E-state index contributed by atoms with van der Waals surface area (Å²) in [5.74, 6) is -1.84. The summed E-state index contributed by atoms with van der Waals surface area (Å²) in [7, 11) is -3.98. The number of benzene rings is 1. The van der Waals surface area contributed by atoms with E-state index in [1.807, 2.05) is 0 Å². The van der Waals surface area contributed by atoms with Crippen molar-refractivity contribution >= 4 is 31.9 Å². The average molecular weight is 354 g/mol. The molecule has 106 valence electrons. The fourth-order valence-corrected chi connectivity index (χ4v) is 3.15. The average Bonchev–Trinajstić information content (AvgIpc) is 2.17. The standard InChI is InChI=1S/C11H13BrFNO4S/c1-11(2,6-10(15)16)14-19(17,18)7-3-4-8(12)9(13)5-7/h3-5,14H,6H2,1-2H3,(H,15,16). The molecule has 0 bridgehead atoms. The summed E-state index contributed by atoms with van der Waals surface area (Å²) in [5, 5.41) is 8.70. The van der Waals surface area contributed by atoms with E-state index in [0.717, 1.165) is 6.07 Å². The highest BCUT2D eigenvalue weighted by Crippen LogP contribution is 2.21. The van der Waals surface area contributed by atoms with Crippen molar-refractivity contribution in [2.24, 2.45) is 0 Å². The fourth-order valence-electron chi connectivity index (χ4n) is 1.48. The molecule has 0 amide bonds. The van der Waals surface area contributed by atoms with E-state index >= 15 is 0 Å². The van der Waals surface area contributed by atoms with Gasteiger partial charge in [-0.3, -0.25) is 4.79 Å². The zero-order chi connectivity index (χ0) is 14.8. The van der Waals surface area contributed by atoms with Gasteiger partial charge in [0.1, 0.15) is 5.82 Å². The topological polar surface area (TPSA) is 83.5 Å². The first-order valence-corrected chi connectivity index (χ1v) is 7.52. The molecule has 1 aromatic carbocycles. The first-order valence-electron chi connectivity index (χ1n) is 5.24. The van der Waals surface area contributed by atoms with Gasteiger partial charge in [0.05, 0.1) is 15.8 Å². The number of halogens is 2. The predicted molar refractivity (Wildman–Crippen MR) is 70.8 cm³/mol. The molecule has 2 N–H and O–H groups in total. The minimum atomic E-state index is -3.98. The van der Waals surface area contributed by atoms with Gasteiger partial charge < -0.3 is 5.11 Å². The number of sulfonamides is 1. The molecular formula is C11H13BrFNO4S. The third kappa shape index (κ3) is 4.55. The molecule has 0 aliphatic carbocycles. The highest BCUT2D eigenvalue weighted by Gasteiger charge is 2.28. The minimum Gasteiger partial charge on any atom is -0.481 e. The molecule has 0 spiro atoms. The number of carboxylic acids is 1. The molecule has 19 heavy (non-hydrogen) atoms. The highest BCUT2D eigenvalue weighted by molar-refractivity contribution is 9.10. The maximum atomic E-state index is 13.3. The van der Waals surface area contributed by atoms with Crippen molar-refractivity contribution < 1.29 is 22.7 Å². The van der Waals surface area contributed by atoms with Crippen molar-refractivity contribution in [1.29, 1.82) is 0 Å². The smallest absolute Gasteiger partial charge is 0.305 e. The third-order valence-electron chi connectivity index (χ3n) is 2.21. The van der Waals surface area contributed by atoms with E-state index in [0.29, 0.717) is 0 Å². The van der Waals surface area contributed by atoms with Crippen molar-refractivity contribution in [3.05, 3.63) is 28.5 Å². The van der Waals surface area contributed by atoms with Crippen molar-refractivity contribution in [2.45, 2.75) is 30.7 Å². The van der Waals surface area contributed by atoms with Crippen LogP contribution >= 0.6 is 15.9 Å². The molecule has 0 saturated heterocycles. The third-order valence-corrected chi connectivity index (χ3v) is 4.54. The summed E-state index contributed by atoms with van der Waals surface area (Å²) in [5.41, 5.74) is -1.17. The summed E-state index contributed by atoms with van der Waals surface area (Å²) in [6.07, 6.45) is -0.384. The van der Waals surface area contributed by atoms with Crippen LogP contribution < -0.4 is 4.72 Å². The fraction of sp³-hybridized carbons (Fsp3) is 0.364. The van der Waals surface area contributed by atoms with Crippen molar-refractivity contribution in [1.82, 2.24) is 4.72 Å². The first-order chi connectivity index (χ1) is 8.53. The molecule has 5 nitrogen and oxygen atoms in total. The van der Waals surface area contributed by atoms with E-state index < -0.39 is 27.3 Å². The number of hydrogen-bond donors (Lipinski definition) is 2. The van der Waals surface area contributed by atoms with Crippen LogP contribution in [0.3, 0.4) is 0 Å². The zero-order valence-corrected chi connectivity index (χ0v) is 12.7. The van der Waals surface area contributed by atoms with Crippen molar-refractivity contribution in [3.63, 3.8) is 0 Å². The van der Waals surface area contributed by atoms with Crippen LogP contribution in [0.1, 0.15) is 20.3 Å². The van der Waals surface area contributed by atoms with E-state index in [1.54, 1.807) is 0 Å². The van der Waals surface area contributed by atoms with E-state index in [9.17, 15) is 17.6 Å². The van der Waals surface area contributed by atoms with Crippen LogP contribution in [0.4, 0.5) is 4.39 Å². The molecule has 1 rings (SSSR count). The van der Waals surface area contributed by atoms with Gasteiger partial charge in [-0.1, -0.05) is 0 Å². The lowest BCUT2D eigenvalue weighted by molar-refractivity contribution is -0.138. The van der Waals surface area contributed by atoms with Gasteiger partial charge in [-0.2, -0.15) is 0 Å². The second-order valence-corrected chi connectivity index (χ2v) is 7.17. The Labute approximate surface area is 119 Å². The quantitative estimate of drug-likeness (QED) is 0.849. The Morgan fingerprint density at radius 1 is 1.47 bits per heavy atom. The Balaban J connectivity index is 3.04. The maximum Gasteiger partial charge on any atom is 0.305 e. The lowest BCUT2D eigenvalue weighted by Crippen LogP contribution is -2.44. The van der Waals surface area contributed by atoms with Gasteiger partial charge in [-0.15, -0.1) is 0 Å². The number of carbonyl (C=O) groups is 1. The summed E-state index contributed by atoms with van der Waals surface area (Å²) in [4.78, 5) is 10.4. The molecule has 0 atom stereocenters. The summed E-state index contributed by atoms with van der Waals surface area (Å²) < 4.78 is 39.7. The zero-order valence-electron chi connectivity index (χ0n) is 10.3. The van der Waals surface area contributed by atoms with Gasteiger partial charge in [0.2, 0.25) is 10.0 Å². The molecular weight excluding hydrogens is 341 g/mol. The number of aliphatic carboxylic acids is 1. The van der Waals surface area contributed by atoms with Crippen molar-refractivity contribution in [3.8, 4) is 0 Å². The Morgan fingerprint density at radius 2 is 2.05 bits per heavy atom. The molecule has 0 radical (unpaired) electrons. The second kappa shape index (κ2) is 5.56. The minimum absolute atomic E-state index is 0.149. The molecule has 1 aromatic rings. The number of nitrogens with one attached hydrogen (secondary N) is 1. The van der Waals surface area contributed by atoms with Crippen LogP contribution in [-0.4, -0.2) is 25.0 Å². The van der Waals surface area contributed by atoms with Crippen LogP contribution in [0.5, 0.6) is 0 Å². The Morgan fingerprint density at radius 3 is 2.53 bits per heavy atom. The molecule has 0 aromatic heterocycles. The van der Waals surface area contributed by atoms with Gasteiger partial charge in [0.15, 0.2) is 0 Å². The van der Waals surface area contributed by atoms with Crippen LogP contribution in [0.15, 0.2) is 27.6 Å². The first kappa shape index (κ1) is 16.1. The highest BCUT2D eigenvalue weighted by atomic mass is 79.9. The van der Waals surface area contributed by atoms with Gasteiger partial charge in [-0.25, -0.2) is 17.5 Å². The molecule has 0 aliphatic heterocycles. The molecule has 0 aliphatic rings. The largest absolute Gasteiger partial charge is 0.481 e. The summed E-state index contributed by atoms with van der Waals surface area (Å²) in [6.45, 7) is 2.88. The summed E-state index contributed by atoms with van der Waals surface area (Å²) in [6, 6.07) is 3.36. The number of carboxylic acid groups (broad SMARTS) is 1. The summed E-state index contributed by atoms with van der Waals surface area (Å²) >= 11 is 2.92. The Kier molecular flexibility index (Phi) is 4.70. The molecule has 8 heteroatoms. The molecule has 0 fully saturated rings. The Bertz CT molecular complexity index is 601. The monoisotopic (exact) mass is 353 g/mol. The normalized spacial score (nSPS) is 12.4. The van der Waals surface area contributed by atoms with Crippen LogP contribution in [0, 0.1) is 5.82 Å². The molecule has 0 heterocycles. The van der Waals surface area contributed by atoms with E-state index in [-0.39, 0.29) is 15.8 Å². The van der Waals surface area contributed by atoms with Gasteiger partial charge in [-0.05, 0) is 48.0 Å². The lowest BCUT2D eigenvalue weighted by atomic mass is 10.0.